The summed E-state index contributed by atoms with van der Waals surface area (Å²) in [4.78, 5) is 0. The Balaban J connectivity index is 0.000000367. The maximum absolute atomic E-state index is 6.44. The predicted molar refractivity (Wildman–Crippen MR) is 290 cm³/mol. The van der Waals surface area contributed by atoms with Gasteiger partial charge in [0.15, 0.2) is 0 Å². The minimum absolute atomic E-state index is 0. The molecule has 0 radical (unpaired) electrons. The van der Waals surface area contributed by atoms with E-state index in [-0.39, 0.29) is 24.0 Å². The molecule has 0 aliphatic rings. The second kappa shape index (κ2) is 17.9. The van der Waals surface area contributed by atoms with Crippen molar-refractivity contribution in [2.24, 2.45) is 0 Å². The van der Waals surface area contributed by atoms with Gasteiger partial charge in [0.25, 0.3) is 0 Å². The molecule has 11 aromatic carbocycles. The van der Waals surface area contributed by atoms with E-state index in [0.717, 1.165) is 39.5 Å². The van der Waals surface area contributed by atoms with Crippen LogP contribution in [0.2, 0.25) is 0 Å². The average molecular weight is 949 g/mol. The molecule has 2 heteroatoms. The topological polar surface area (TPSA) is 13.1 Å². The van der Waals surface area contributed by atoms with Crippen LogP contribution in [0.4, 0.5) is 0 Å². The summed E-state index contributed by atoms with van der Waals surface area (Å²) in [5.41, 5.74) is 16.8. The van der Waals surface area contributed by atoms with E-state index in [1.807, 2.05) is 12.1 Å². The van der Waals surface area contributed by atoms with Crippen LogP contribution in [0.1, 0.15) is 37.8 Å². The minimum atomic E-state index is 0. The van der Waals surface area contributed by atoms with Crippen molar-refractivity contribution in [3.05, 3.63) is 230 Å². The molecule has 0 unspecified atom stereocenters. The number of fused-ring (bicyclic) bond motifs is 3. The molecule has 1 aromatic heterocycles. The Morgan fingerprint density at radius 1 is 0.369 bits per heavy atom. The molecule has 0 saturated heterocycles. The molecular formula is C63H49IO. The maximum Gasteiger partial charge on any atom is 0.143 e. The van der Waals surface area contributed by atoms with Gasteiger partial charge >= 0.3 is 0 Å². The fraction of sp³-hybridized carbons (Fsp3) is 0.0794. The molecule has 0 amide bonds. The summed E-state index contributed by atoms with van der Waals surface area (Å²) in [5, 5.41) is 9.96. The first-order chi connectivity index (χ1) is 31.5. The summed E-state index contributed by atoms with van der Waals surface area (Å²) < 4.78 is 6.44. The highest BCUT2D eigenvalue weighted by Gasteiger charge is 2.18. The van der Waals surface area contributed by atoms with Crippen molar-refractivity contribution < 1.29 is 4.42 Å². The van der Waals surface area contributed by atoms with Gasteiger partial charge in [-0.15, -0.1) is 24.0 Å². The number of halogens is 1. The van der Waals surface area contributed by atoms with Crippen molar-refractivity contribution >= 4 is 78.2 Å². The summed E-state index contributed by atoms with van der Waals surface area (Å²) in [6.45, 7) is 6.70. The number of aryl methyl sites for hydroxylation is 1. The Hall–Kier alpha value is -7.01. The van der Waals surface area contributed by atoms with Crippen LogP contribution in [0, 0.1) is 0 Å². The van der Waals surface area contributed by atoms with Gasteiger partial charge in [-0.25, -0.2) is 0 Å². The van der Waals surface area contributed by atoms with Crippen LogP contribution in [0.5, 0.6) is 0 Å². The summed E-state index contributed by atoms with van der Waals surface area (Å²) >= 11 is 0. The molecule has 0 aliphatic heterocycles. The number of furan rings is 1. The molecule has 65 heavy (non-hydrogen) atoms. The van der Waals surface area contributed by atoms with Gasteiger partial charge in [-0.3, -0.25) is 0 Å². The zero-order valence-electron chi connectivity index (χ0n) is 36.9. The quantitative estimate of drug-likeness (QED) is 0.115. The number of benzene rings is 11. The molecule has 0 fully saturated rings. The molecule has 0 atom stereocenters. The smallest absolute Gasteiger partial charge is 0.143 e. The molecule has 0 N–H and O–H groups in total. The highest BCUT2D eigenvalue weighted by molar-refractivity contribution is 14.0. The average Bonchev–Trinajstić information content (AvgIpc) is 3.75. The largest absolute Gasteiger partial charge is 0.455 e. The van der Waals surface area contributed by atoms with Crippen molar-refractivity contribution in [3.8, 4) is 55.6 Å². The molecule has 0 aliphatic carbocycles. The van der Waals surface area contributed by atoms with Crippen molar-refractivity contribution in [3.63, 3.8) is 0 Å². The van der Waals surface area contributed by atoms with Crippen LogP contribution in [-0.4, -0.2) is 0 Å². The van der Waals surface area contributed by atoms with Gasteiger partial charge in [-0.05, 0) is 136 Å². The fourth-order valence-electron chi connectivity index (χ4n) is 9.93. The van der Waals surface area contributed by atoms with E-state index in [9.17, 15) is 0 Å². The van der Waals surface area contributed by atoms with Crippen LogP contribution in [0.3, 0.4) is 0 Å². The van der Waals surface area contributed by atoms with Crippen molar-refractivity contribution in [1.82, 2.24) is 0 Å². The monoisotopic (exact) mass is 948 g/mol. The van der Waals surface area contributed by atoms with E-state index < -0.39 is 0 Å². The first-order valence-electron chi connectivity index (χ1n) is 22.6. The Bertz CT molecular complexity index is 3560. The Morgan fingerprint density at radius 2 is 0.846 bits per heavy atom. The van der Waals surface area contributed by atoms with Crippen molar-refractivity contribution in [2.45, 2.75) is 33.1 Å². The second-order valence-electron chi connectivity index (χ2n) is 17.2. The number of para-hydroxylation sites is 2. The lowest BCUT2D eigenvalue weighted by molar-refractivity contribution is 0.670. The van der Waals surface area contributed by atoms with Crippen LogP contribution < -0.4 is 0 Å². The molecule has 12 aromatic rings. The van der Waals surface area contributed by atoms with Crippen LogP contribution >= 0.6 is 24.0 Å². The number of rotatable bonds is 7. The standard InChI is InChI=1S/C52H32O.C11H16.HI/c1-3-11-33(12-4-1)39-30-40(34-13-5-2-6-14-34)32-41(31-39)43-26-22-36-23-27-46-42(25-21-35-24-28-47(43)51(36)50(35)46)37-15-9-16-38(29-37)44-18-10-19-48-45-17-7-8-20-49(45)53-52(44)48;1-4-10-7-5-6-8-11(10)9(2)3;/h1-32H;5-9H,4H2,1-3H3;1H. The number of hydrogen-bond acceptors (Lipinski definition) is 1. The Labute approximate surface area is 398 Å². The third kappa shape index (κ3) is 7.76. The van der Waals surface area contributed by atoms with Crippen LogP contribution in [0.15, 0.2) is 223 Å². The predicted octanol–water partition coefficient (Wildman–Crippen LogP) is 18.8. The lowest BCUT2D eigenvalue weighted by atomic mass is 9.86. The first-order valence-corrected chi connectivity index (χ1v) is 22.6. The van der Waals surface area contributed by atoms with E-state index in [4.69, 9.17) is 4.42 Å². The van der Waals surface area contributed by atoms with E-state index in [0.29, 0.717) is 5.92 Å². The van der Waals surface area contributed by atoms with Gasteiger partial charge in [0.05, 0.1) is 0 Å². The summed E-state index contributed by atoms with van der Waals surface area (Å²) in [7, 11) is 0. The third-order valence-electron chi connectivity index (χ3n) is 13.1. The normalized spacial score (nSPS) is 11.4. The van der Waals surface area contributed by atoms with E-state index in [1.54, 1.807) is 0 Å². The highest BCUT2D eigenvalue weighted by atomic mass is 127. The van der Waals surface area contributed by atoms with Gasteiger partial charge in [-0.1, -0.05) is 209 Å². The minimum Gasteiger partial charge on any atom is -0.455 e. The SMILES string of the molecule is CCc1ccccc1C(C)C.I.c1ccc(-c2cc(-c3ccccc3)cc(-c3ccc4ccc5c(-c6cccc(-c7cccc8c7oc7ccccc78)c6)ccc6ccc3c4c65)c2)cc1. The molecule has 12 rings (SSSR count). The first kappa shape index (κ1) is 42.0. The Kier molecular flexibility index (Phi) is 11.5. The molecular weight excluding hydrogens is 900 g/mol. The van der Waals surface area contributed by atoms with Gasteiger partial charge < -0.3 is 4.42 Å². The van der Waals surface area contributed by atoms with Crippen molar-refractivity contribution in [2.75, 3.05) is 0 Å². The summed E-state index contributed by atoms with van der Waals surface area (Å²) in [5.74, 6) is 0.658. The van der Waals surface area contributed by atoms with Crippen LogP contribution in [0.25, 0.3) is 110 Å². The van der Waals surface area contributed by atoms with Gasteiger partial charge in [-0.2, -0.15) is 0 Å². The van der Waals surface area contributed by atoms with E-state index >= 15 is 0 Å². The molecule has 314 valence electrons. The molecule has 1 heterocycles. The van der Waals surface area contributed by atoms with E-state index in [1.165, 1.54) is 88.0 Å². The zero-order chi connectivity index (χ0) is 43.1. The van der Waals surface area contributed by atoms with Crippen molar-refractivity contribution in [1.29, 1.82) is 0 Å². The second-order valence-corrected chi connectivity index (χ2v) is 17.2. The lowest BCUT2D eigenvalue weighted by Crippen LogP contribution is -1.93. The molecule has 0 bridgehead atoms. The number of hydrogen-bond donors (Lipinski definition) is 0. The van der Waals surface area contributed by atoms with E-state index in [2.05, 4.69) is 227 Å². The summed E-state index contributed by atoms with van der Waals surface area (Å²) in [6, 6.07) is 79.3. The zero-order valence-corrected chi connectivity index (χ0v) is 39.2. The fourth-order valence-corrected chi connectivity index (χ4v) is 9.93. The molecule has 0 saturated carbocycles. The third-order valence-corrected chi connectivity index (χ3v) is 13.1. The summed E-state index contributed by atoms with van der Waals surface area (Å²) in [6.07, 6.45) is 1.15. The van der Waals surface area contributed by atoms with Gasteiger partial charge in [0.2, 0.25) is 0 Å². The lowest BCUT2D eigenvalue weighted by Gasteiger charge is -2.18. The van der Waals surface area contributed by atoms with Crippen LogP contribution in [-0.2, 0) is 6.42 Å². The maximum atomic E-state index is 6.44. The highest BCUT2D eigenvalue weighted by Crippen LogP contribution is 2.44. The molecule has 0 spiro atoms. The van der Waals surface area contributed by atoms with Gasteiger partial charge in [0, 0.05) is 16.3 Å². The molecule has 1 nitrogen and oxygen atoms in total. The van der Waals surface area contributed by atoms with Gasteiger partial charge in [0.1, 0.15) is 11.2 Å². The Morgan fingerprint density at radius 3 is 1.46 bits per heavy atom.